The van der Waals surface area contributed by atoms with Crippen LogP contribution in [0.3, 0.4) is 0 Å². The standard InChI is InChI=1S/C5H11N3O3/c1-11-4(9)3(6)2-8-5(7)10/h3H,2,6H2,1H3,(H3,7,8,10). The Hall–Kier alpha value is -1.30. The van der Waals surface area contributed by atoms with Gasteiger partial charge in [0, 0.05) is 6.54 Å². The first kappa shape index (κ1) is 9.70. The summed E-state index contributed by atoms with van der Waals surface area (Å²) in [5, 5.41) is 2.17. The first-order chi connectivity index (χ1) is 5.07. The molecule has 5 N–H and O–H groups in total. The average Bonchev–Trinajstić information content (AvgIpc) is 1.98. The van der Waals surface area contributed by atoms with E-state index in [1.807, 2.05) is 0 Å². The number of methoxy groups -OCH3 is 1. The molecule has 0 aliphatic heterocycles. The number of urea groups is 1. The Bertz CT molecular complexity index is 159. The van der Waals surface area contributed by atoms with E-state index in [2.05, 4.69) is 10.1 Å². The fraction of sp³-hybridized carbons (Fsp3) is 0.600. The van der Waals surface area contributed by atoms with Gasteiger partial charge in [0.05, 0.1) is 7.11 Å². The average molecular weight is 161 g/mol. The highest BCUT2D eigenvalue weighted by atomic mass is 16.5. The molecule has 1 unspecified atom stereocenters. The second-order valence-corrected chi connectivity index (χ2v) is 1.87. The number of esters is 1. The van der Waals surface area contributed by atoms with E-state index in [4.69, 9.17) is 11.5 Å². The monoisotopic (exact) mass is 161 g/mol. The van der Waals surface area contributed by atoms with Crippen LogP contribution in [0.1, 0.15) is 0 Å². The van der Waals surface area contributed by atoms with E-state index < -0.39 is 18.0 Å². The summed E-state index contributed by atoms with van der Waals surface area (Å²) in [7, 11) is 1.21. The van der Waals surface area contributed by atoms with E-state index in [1.54, 1.807) is 0 Å². The lowest BCUT2D eigenvalue weighted by atomic mass is 10.3. The number of primary amides is 1. The molecule has 0 bridgehead atoms. The van der Waals surface area contributed by atoms with Crippen molar-refractivity contribution in [2.75, 3.05) is 13.7 Å². The molecule has 6 nitrogen and oxygen atoms in total. The predicted molar refractivity (Wildman–Crippen MR) is 37.6 cm³/mol. The molecule has 0 aromatic heterocycles. The number of carbonyl (C=O) groups is 2. The molecule has 0 saturated carbocycles. The van der Waals surface area contributed by atoms with Crippen LogP contribution in [0.15, 0.2) is 0 Å². The second kappa shape index (κ2) is 4.51. The van der Waals surface area contributed by atoms with Crippen LogP contribution in [0.5, 0.6) is 0 Å². The summed E-state index contributed by atoms with van der Waals surface area (Å²) in [6, 6.07) is -1.57. The van der Waals surface area contributed by atoms with Crippen LogP contribution in [0.2, 0.25) is 0 Å². The van der Waals surface area contributed by atoms with Crippen LogP contribution in [0, 0.1) is 0 Å². The molecule has 0 radical (unpaired) electrons. The van der Waals surface area contributed by atoms with E-state index in [9.17, 15) is 9.59 Å². The van der Waals surface area contributed by atoms with E-state index in [1.165, 1.54) is 7.11 Å². The van der Waals surface area contributed by atoms with Crippen molar-refractivity contribution in [2.45, 2.75) is 6.04 Å². The number of rotatable bonds is 3. The van der Waals surface area contributed by atoms with Crippen molar-refractivity contribution in [2.24, 2.45) is 11.5 Å². The lowest BCUT2D eigenvalue weighted by Crippen LogP contribution is -2.44. The van der Waals surface area contributed by atoms with Crippen molar-refractivity contribution in [3.05, 3.63) is 0 Å². The second-order valence-electron chi connectivity index (χ2n) is 1.87. The zero-order valence-electron chi connectivity index (χ0n) is 6.16. The number of ether oxygens (including phenoxy) is 1. The Labute approximate surface area is 63.9 Å². The fourth-order valence-electron chi connectivity index (χ4n) is 0.445. The smallest absolute Gasteiger partial charge is 0.324 e. The van der Waals surface area contributed by atoms with Crippen LogP contribution in [0.4, 0.5) is 4.79 Å². The van der Waals surface area contributed by atoms with Gasteiger partial charge in [-0.2, -0.15) is 0 Å². The summed E-state index contributed by atoms with van der Waals surface area (Å²) in [5.74, 6) is -0.584. The molecule has 2 amide bonds. The minimum absolute atomic E-state index is 0.0119. The third-order valence-electron chi connectivity index (χ3n) is 1.00. The van der Waals surface area contributed by atoms with Gasteiger partial charge in [0.2, 0.25) is 0 Å². The molecular formula is C5H11N3O3. The first-order valence-corrected chi connectivity index (χ1v) is 2.94. The number of amides is 2. The summed E-state index contributed by atoms with van der Waals surface area (Å²) >= 11 is 0. The first-order valence-electron chi connectivity index (χ1n) is 2.94. The molecule has 0 rings (SSSR count). The predicted octanol–water partition coefficient (Wildman–Crippen LogP) is -1.84. The summed E-state index contributed by atoms with van der Waals surface area (Å²) in [6.07, 6.45) is 0. The molecule has 6 heteroatoms. The van der Waals surface area contributed by atoms with Gasteiger partial charge in [0.1, 0.15) is 6.04 Å². The van der Waals surface area contributed by atoms with Crippen LogP contribution in [-0.4, -0.2) is 31.7 Å². The number of carbonyl (C=O) groups excluding carboxylic acids is 2. The van der Waals surface area contributed by atoms with Crippen molar-refractivity contribution in [3.63, 3.8) is 0 Å². The van der Waals surface area contributed by atoms with Gasteiger partial charge >= 0.3 is 12.0 Å². The summed E-state index contributed by atoms with van der Waals surface area (Å²) in [5.41, 5.74) is 9.96. The molecular weight excluding hydrogens is 150 g/mol. The molecule has 0 spiro atoms. The fourth-order valence-corrected chi connectivity index (χ4v) is 0.445. The zero-order valence-corrected chi connectivity index (χ0v) is 6.16. The number of hydrogen-bond donors (Lipinski definition) is 3. The Balaban J connectivity index is 3.60. The molecule has 1 atom stereocenters. The van der Waals surface area contributed by atoms with E-state index in [-0.39, 0.29) is 6.54 Å². The lowest BCUT2D eigenvalue weighted by Gasteiger charge is -2.08. The molecule has 64 valence electrons. The number of nitrogens with one attached hydrogen (secondary N) is 1. The Morgan fingerprint density at radius 1 is 1.64 bits per heavy atom. The van der Waals surface area contributed by atoms with E-state index >= 15 is 0 Å². The summed E-state index contributed by atoms with van der Waals surface area (Å²) in [6.45, 7) is -0.0119. The molecule has 0 aromatic carbocycles. The van der Waals surface area contributed by atoms with E-state index in [0.29, 0.717) is 0 Å². The van der Waals surface area contributed by atoms with Crippen molar-refractivity contribution in [3.8, 4) is 0 Å². The van der Waals surface area contributed by atoms with Crippen LogP contribution >= 0.6 is 0 Å². The van der Waals surface area contributed by atoms with E-state index in [0.717, 1.165) is 0 Å². The highest BCUT2D eigenvalue weighted by Crippen LogP contribution is 1.79. The molecule has 0 saturated heterocycles. The van der Waals surface area contributed by atoms with Gasteiger partial charge < -0.3 is 21.5 Å². The number of nitrogens with two attached hydrogens (primary N) is 2. The SMILES string of the molecule is COC(=O)C(N)CNC(N)=O. The summed E-state index contributed by atoms with van der Waals surface area (Å²) in [4.78, 5) is 20.7. The quantitative estimate of drug-likeness (QED) is 0.422. The Morgan fingerprint density at radius 2 is 2.18 bits per heavy atom. The van der Waals surface area contributed by atoms with Gasteiger partial charge in [-0.25, -0.2) is 4.79 Å². The van der Waals surface area contributed by atoms with Gasteiger partial charge in [0.25, 0.3) is 0 Å². The van der Waals surface area contributed by atoms with Crippen molar-refractivity contribution >= 4 is 12.0 Å². The van der Waals surface area contributed by atoms with Crippen LogP contribution < -0.4 is 16.8 Å². The third kappa shape index (κ3) is 4.15. The molecule has 11 heavy (non-hydrogen) atoms. The highest BCUT2D eigenvalue weighted by Gasteiger charge is 2.12. The van der Waals surface area contributed by atoms with Crippen molar-refractivity contribution < 1.29 is 14.3 Å². The molecule has 0 fully saturated rings. The molecule has 0 heterocycles. The maximum atomic E-state index is 10.6. The highest BCUT2D eigenvalue weighted by molar-refractivity contribution is 5.77. The summed E-state index contributed by atoms with van der Waals surface area (Å²) < 4.78 is 4.29. The normalized spacial score (nSPS) is 11.8. The van der Waals surface area contributed by atoms with Crippen LogP contribution in [0.25, 0.3) is 0 Å². The maximum Gasteiger partial charge on any atom is 0.324 e. The lowest BCUT2D eigenvalue weighted by molar-refractivity contribution is -0.141. The largest absolute Gasteiger partial charge is 0.468 e. The van der Waals surface area contributed by atoms with Gasteiger partial charge in [-0.1, -0.05) is 0 Å². The van der Waals surface area contributed by atoms with Gasteiger partial charge in [-0.05, 0) is 0 Å². The maximum absolute atomic E-state index is 10.6. The molecule has 0 aliphatic rings. The Kier molecular flexibility index (Phi) is 3.97. The van der Waals surface area contributed by atoms with Crippen molar-refractivity contribution in [1.29, 1.82) is 0 Å². The molecule has 0 aliphatic carbocycles. The minimum atomic E-state index is -0.854. The Morgan fingerprint density at radius 3 is 2.55 bits per heavy atom. The van der Waals surface area contributed by atoms with Gasteiger partial charge in [0.15, 0.2) is 0 Å². The number of hydrogen-bond acceptors (Lipinski definition) is 4. The van der Waals surface area contributed by atoms with Crippen molar-refractivity contribution in [1.82, 2.24) is 5.32 Å². The molecule has 0 aromatic rings. The topological polar surface area (TPSA) is 107 Å². The van der Waals surface area contributed by atoms with Gasteiger partial charge in [-0.3, -0.25) is 4.79 Å². The third-order valence-corrected chi connectivity index (χ3v) is 1.00. The zero-order chi connectivity index (χ0) is 8.85. The van der Waals surface area contributed by atoms with Gasteiger partial charge in [-0.15, -0.1) is 0 Å². The van der Waals surface area contributed by atoms with Crippen LogP contribution in [-0.2, 0) is 9.53 Å². The minimum Gasteiger partial charge on any atom is -0.468 e.